The molecule has 0 saturated heterocycles. The summed E-state index contributed by atoms with van der Waals surface area (Å²) in [5.41, 5.74) is 9.98. The average molecular weight is 529 g/mol. The lowest BCUT2D eigenvalue weighted by Crippen LogP contribution is -2.37. The Labute approximate surface area is 228 Å². The van der Waals surface area contributed by atoms with Crippen molar-refractivity contribution in [3.63, 3.8) is 0 Å². The molecule has 0 fully saturated rings. The topological polar surface area (TPSA) is 94.6 Å². The second-order valence-corrected chi connectivity index (χ2v) is 10.4. The van der Waals surface area contributed by atoms with E-state index in [2.05, 4.69) is 51.9 Å². The van der Waals surface area contributed by atoms with E-state index in [4.69, 9.17) is 4.74 Å². The molecule has 0 spiro atoms. The largest absolute Gasteiger partial charge is 0.456 e. The van der Waals surface area contributed by atoms with Gasteiger partial charge in [0, 0.05) is 55.9 Å². The van der Waals surface area contributed by atoms with E-state index in [0.717, 1.165) is 52.3 Å². The van der Waals surface area contributed by atoms with E-state index < -0.39 is 0 Å². The number of aromatic amines is 1. The van der Waals surface area contributed by atoms with Crippen LogP contribution in [0.1, 0.15) is 34.1 Å². The molecule has 0 bridgehead atoms. The smallest absolute Gasteiger partial charge is 0.274 e. The molecule has 1 aliphatic heterocycles. The SMILES string of the molecule is CCNC(=O)c1cc2c(-c3cc4c(cc3Oc3c(C)cccc3C)CNN4CCN(C)C)cn(C)c(=O)c2[nH]1. The zero-order chi connectivity index (χ0) is 27.8. The lowest BCUT2D eigenvalue weighted by Gasteiger charge is -2.23. The van der Waals surface area contributed by atoms with Crippen LogP contribution in [0.15, 0.2) is 47.4 Å². The lowest BCUT2D eigenvalue weighted by molar-refractivity contribution is 0.0951. The van der Waals surface area contributed by atoms with Crippen LogP contribution < -0.4 is 26.0 Å². The number of hydrazine groups is 1. The number of carbonyl (C=O) groups is 1. The molecular formula is C30H36N6O3. The van der Waals surface area contributed by atoms with Gasteiger partial charge in [-0.25, -0.2) is 5.43 Å². The van der Waals surface area contributed by atoms with Gasteiger partial charge >= 0.3 is 0 Å². The molecule has 4 aromatic rings. The van der Waals surface area contributed by atoms with Crippen molar-refractivity contribution in [2.24, 2.45) is 7.05 Å². The van der Waals surface area contributed by atoms with Gasteiger partial charge in [-0.3, -0.25) is 9.59 Å². The van der Waals surface area contributed by atoms with Crippen LogP contribution in [0.25, 0.3) is 22.0 Å². The highest BCUT2D eigenvalue weighted by Crippen LogP contribution is 2.43. The number of amides is 1. The lowest BCUT2D eigenvalue weighted by atomic mass is 9.99. The fourth-order valence-electron chi connectivity index (χ4n) is 5.06. The van der Waals surface area contributed by atoms with Crippen LogP contribution in [0.4, 0.5) is 5.69 Å². The fraction of sp³-hybridized carbons (Fsp3) is 0.333. The Morgan fingerprint density at radius 3 is 2.56 bits per heavy atom. The molecular weight excluding hydrogens is 492 g/mol. The van der Waals surface area contributed by atoms with E-state index >= 15 is 0 Å². The predicted molar refractivity (Wildman–Crippen MR) is 156 cm³/mol. The summed E-state index contributed by atoms with van der Waals surface area (Å²) in [5, 5.41) is 5.65. The number of pyridine rings is 1. The Morgan fingerprint density at radius 1 is 1.13 bits per heavy atom. The van der Waals surface area contributed by atoms with Crippen molar-refractivity contribution in [3.05, 3.63) is 75.3 Å². The molecule has 0 saturated carbocycles. The number of hydrogen-bond acceptors (Lipinski definition) is 6. The normalized spacial score (nSPS) is 12.8. The average Bonchev–Trinajstić information content (AvgIpc) is 3.52. The second kappa shape index (κ2) is 10.6. The Balaban J connectivity index is 1.73. The summed E-state index contributed by atoms with van der Waals surface area (Å²) in [6.07, 6.45) is 1.83. The zero-order valence-electron chi connectivity index (χ0n) is 23.4. The van der Waals surface area contributed by atoms with Crippen LogP contribution in [0.5, 0.6) is 11.5 Å². The number of aryl methyl sites for hydroxylation is 3. The van der Waals surface area contributed by atoms with Gasteiger partial charge in [-0.1, -0.05) is 18.2 Å². The van der Waals surface area contributed by atoms with E-state index in [1.807, 2.05) is 45.2 Å². The monoisotopic (exact) mass is 528 g/mol. The van der Waals surface area contributed by atoms with E-state index in [0.29, 0.717) is 35.4 Å². The molecule has 0 radical (unpaired) electrons. The number of fused-ring (bicyclic) bond motifs is 2. The van der Waals surface area contributed by atoms with Gasteiger partial charge in [0.15, 0.2) is 0 Å². The Morgan fingerprint density at radius 2 is 1.87 bits per heavy atom. The van der Waals surface area contributed by atoms with Crippen LogP contribution in [-0.4, -0.2) is 54.1 Å². The molecule has 2 aromatic heterocycles. The van der Waals surface area contributed by atoms with Gasteiger partial charge in [0.1, 0.15) is 22.7 Å². The number of nitrogens with one attached hydrogen (secondary N) is 3. The van der Waals surface area contributed by atoms with Crippen LogP contribution in [-0.2, 0) is 13.6 Å². The summed E-state index contributed by atoms with van der Waals surface area (Å²) < 4.78 is 8.21. The number of ether oxygens (including phenoxy) is 1. The summed E-state index contributed by atoms with van der Waals surface area (Å²) in [6, 6.07) is 12.1. The fourth-order valence-corrected chi connectivity index (χ4v) is 5.06. The van der Waals surface area contributed by atoms with Gasteiger partial charge in [0.2, 0.25) is 0 Å². The summed E-state index contributed by atoms with van der Waals surface area (Å²) in [7, 11) is 5.84. The van der Waals surface area contributed by atoms with Crippen molar-refractivity contribution in [1.82, 2.24) is 25.2 Å². The maximum Gasteiger partial charge on any atom is 0.274 e. The van der Waals surface area contributed by atoms with E-state index in [1.54, 1.807) is 17.7 Å². The van der Waals surface area contributed by atoms with Crippen LogP contribution in [0, 0.1) is 13.8 Å². The molecule has 5 rings (SSSR count). The van der Waals surface area contributed by atoms with Crippen molar-refractivity contribution in [2.45, 2.75) is 27.3 Å². The highest BCUT2D eigenvalue weighted by atomic mass is 16.5. The third-order valence-electron chi connectivity index (χ3n) is 7.16. The molecule has 3 N–H and O–H groups in total. The number of likely N-dealkylation sites (N-methyl/N-ethyl adjacent to an activating group) is 1. The quantitative estimate of drug-likeness (QED) is 0.319. The zero-order valence-corrected chi connectivity index (χ0v) is 23.4. The molecule has 1 aliphatic rings. The number of rotatable bonds is 8. The Bertz CT molecular complexity index is 1600. The molecule has 9 heteroatoms. The molecule has 39 heavy (non-hydrogen) atoms. The van der Waals surface area contributed by atoms with E-state index in [-0.39, 0.29) is 11.5 Å². The predicted octanol–water partition coefficient (Wildman–Crippen LogP) is 4.08. The third-order valence-corrected chi connectivity index (χ3v) is 7.16. The summed E-state index contributed by atoms with van der Waals surface area (Å²) in [6.45, 7) is 8.83. The van der Waals surface area contributed by atoms with Gasteiger partial charge in [-0.2, -0.15) is 0 Å². The number of H-pyrrole nitrogens is 1. The Hall–Kier alpha value is -4.08. The van der Waals surface area contributed by atoms with Crippen molar-refractivity contribution in [3.8, 4) is 22.6 Å². The Kier molecular flexibility index (Phi) is 7.20. The van der Waals surface area contributed by atoms with Crippen molar-refractivity contribution >= 4 is 22.5 Å². The maximum atomic E-state index is 13.1. The minimum atomic E-state index is -0.248. The first-order valence-electron chi connectivity index (χ1n) is 13.3. The highest BCUT2D eigenvalue weighted by molar-refractivity contribution is 6.03. The number of aromatic nitrogens is 2. The minimum Gasteiger partial charge on any atom is -0.456 e. The molecule has 1 amide bonds. The number of carbonyl (C=O) groups excluding carboxylic acids is 1. The summed E-state index contributed by atoms with van der Waals surface area (Å²) >= 11 is 0. The first-order valence-corrected chi connectivity index (χ1v) is 13.3. The van der Waals surface area contributed by atoms with Gasteiger partial charge in [-0.15, -0.1) is 0 Å². The van der Waals surface area contributed by atoms with Crippen LogP contribution in [0.3, 0.4) is 0 Å². The van der Waals surface area contributed by atoms with Crippen molar-refractivity contribution < 1.29 is 9.53 Å². The maximum absolute atomic E-state index is 13.1. The van der Waals surface area contributed by atoms with Gasteiger partial charge in [0.05, 0.1) is 5.69 Å². The van der Waals surface area contributed by atoms with Gasteiger partial charge in [0.25, 0.3) is 11.5 Å². The number of nitrogens with zero attached hydrogens (tertiary/aromatic N) is 3. The standard InChI is InChI=1S/C30H36N6O3/c1-7-31-29(37)24-14-22-23(17-35(6)30(38)27(22)33-24)21-15-25-20(16-32-36(25)12-11-34(4)5)13-26(21)39-28-18(2)9-8-10-19(28)3/h8-10,13-15,17,32-33H,7,11-12,16H2,1-6H3,(H,31,37). The minimum absolute atomic E-state index is 0.197. The molecule has 0 aliphatic carbocycles. The molecule has 0 atom stereocenters. The van der Waals surface area contributed by atoms with Crippen LogP contribution in [0.2, 0.25) is 0 Å². The molecule has 3 heterocycles. The number of hydrogen-bond donors (Lipinski definition) is 3. The van der Waals surface area contributed by atoms with Gasteiger partial charge in [-0.05, 0) is 69.8 Å². The summed E-state index contributed by atoms with van der Waals surface area (Å²) in [4.78, 5) is 31.0. The molecule has 0 unspecified atom stereocenters. The molecule has 2 aromatic carbocycles. The number of anilines is 1. The second-order valence-electron chi connectivity index (χ2n) is 10.4. The van der Waals surface area contributed by atoms with E-state index in [9.17, 15) is 9.59 Å². The van der Waals surface area contributed by atoms with Crippen LogP contribution >= 0.6 is 0 Å². The molecule has 204 valence electrons. The number of benzene rings is 2. The first kappa shape index (κ1) is 26.5. The summed E-state index contributed by atoms with van der Waals surface area (Å²) in [5.74, 6) is 1.26. The third kappa shape index (κ3) is 5.03. The highest BCUT2D eigenvalue weighted by Gasteiger charge is 2.25. The van der Waals surface area contributed by atoms with E-state index in [1.165, 1.54) is 0 Å². The van der Waals surface area contributed by atoms with Crippen molar-refractivity contribution in [2.75, 3.05) is 38.7 Å². The van der Waals surface area contributed by atoms with Crippen molar-refractivity contribution in [1.29, 1.82) is 0 Å². The van der Waals surface area contributed by atoms with Gasteiger partial charge < -0.3 is 29.5 Å². The first-order chi connectivity index (χ1) is 18.7. The molecule has 9 nitrogen and oxygen atoms in total. The number of para-hydroxylation sites is 1.